The molecule has 0 aliphatic carbocycles. The average molecular weight is 453 g/mol. The molecule has 4 rings (SSSR count). The van der Waals surface area contributed by atoms with Crippen molar-refractivity contribution < 1.29 is 4.79 Å². The summed E-state index contributed by atoms with van der Waals surface area (Å²) in [4.78, 5) is 12.4. The van der Waals surface area contributed by atoms with E-state index in [1.165, 1.54) is 5.56 Å². The van der Waals surface area contributed by atoms with E-state index in [2.05, 4.69) is 21.2 Å². The Morgan fingerprint density at radius 1 is 1.03 bits per heavy atom. The lowest BCUT2D eigenvalue weighted by atomic mass is 9.92. The first-order valence-corrected chi connectivity index (χ1v) is 10.7. The van der Waals surface area contributed by atoms with Crippen molar-refractivity contribution in [3.63, 3.8) is 0 Å². The lowest BCUT2D eigenvalue weighted by Crippen LogP contribution is -2.29. The molecule has 0 bridgehead atoms. The van der Waals surface area contributed by atoms with E-state index in [4.69, 9.17) is 23.2 Å². The molecule has 1 aliphatic heterocycles. The van der Waals surface area contributed by atoms with E-state index in [0.29, 0.717) is 16.5 Å². The standard InChI is InChI=1S/C24H22Cl2N4O/c1-14-7-9-17(11-15(14)2)27-24(31)30-29-23-13-22(18-10-8-16(25)12-20(18)26)28-21-6-4-3-5-19(21)23/h3-12,22,28H,13H2,1-2H3,(H2,27,30,31). The molecule has 0 spiro atoms. The molecule has 3 N–H and O–H groups in total. The van der Waals surface area contributed by atoms with Gasteiger partial charge < -0.3 is 10.6 Å². The molecule has 7 heteroatoms. The first kappa shape index (κ1) is 21.2. The summed E-state index contributed by atoms with van der Waals surface area (Å²) in [5.41, 5.74) is 9.19. The highest BCUT2D eigenvalue weighted by molar-refractivity contribution is 6.35. The van der Waals surface area contributed by atoms with Crippen LogP contribution >= 0.6 is 23.2 Å². The quantitative estimate of drug-likeness (QED) is 0.387. The number of para-hydroxylation sites is 1. The van der Waals surface area contributed by atoms with E-state index in [-0.39, 0.29) is 6.04 Å². The van der Waals surface area contributed by atoms with Gasteiger partial charge >= 0.3 is 6.03 Å². The summed E-state index contributed by atoms with van der Waals surface area (Å²) in [5, 5.41) is 11.9. The number of halogens is 2. The van der Waals surface area contributed by atoms with Crippen molar-refractivity contribution in [3.05, 3.63) is 93.0 Å². The van der Waals surface area contributed by atoms with Gasteiger partial charge in [-0.2, -0.15) is 5.10 Å². The molecular formula is C24H22Cl2N4O. The van der Waals surface area contributed by atoms with Crippen LogP contribution < -0.4 is 16.1 Å². The summed E-state index contributed by atoms with van der Waals surface area (Å²) in [6.07, 6.45) is 0.558. The summed E-state index contributed by atoms with van der Waals surface area (Å²) in [6, 6.07) is 18.6. The fourth-order valence-electron chi connectivity index (χ4n) is 3.58. The van der Waals surface area contributed by atoms with Crippen LogP contribution in [0.2, 0.25) is 10.0 Å². The maximum atomic E-state index is 12.4. The summed E-state index contributed by atoms with van der Waals surface area (Å²) in [6.45, 7) is 4.04. The molecule has 1 heterocycles. The van der Waals surface area contributed by atoms with Gasteiger partial charge in [-0.3, -0.25) is 0 Å². The third kappa shape index (κ3) is 4.84. The molecule has 158 valence electrons. The van der Waals surface area contributed by atoms with Gasteiger partial charge in [-0.05, 0) is 60.9 Å². The molecule has 0 saturated heterocycles. The molecule has 1 atom stereocenters. The minimum Gasteiger partial charge on any atom is -0.377 e. The van der Waals surface area contributed by atoms with E-state index in [1.807, 2.05) is 68.4 Å². The van der Waals surface area contributed by atoms with Crippen LogP contribution in [-0.4, -0.2) is 11.7 Å². The third-order valence-corrected chi connectivity index (χ3v) is 5.92. The SMILES string of the molecule is Cc1ccc(NC(=O)NN=C2CC(c3ccc(Cl)cc3Cl)Nc3ccccc32)cc1C. The minimum absolute atomic E-state index is 0.0944. The maximum Gasteiger partial charge on any atom is 0.339 e. The lowest BCUT2D eigenvalue weighted by Gasteiger charge is -2.29. The highest BCUT2D eigenvalue weighted by Crippen LogP contribution is 2.36. The van der Waals surface area contributed by atoms with Gasteiger partial charge in [0.1, 0.15) is 0 Å². The number of hydrogen-bond acceptors (Lipinski definition) is 3. The third-order valence-electron chi connectivity index (χ3n) is 5.36. The van der Waals surface area contributed by atoms with Crippen LogP contribution in [0.15, 0.2) is 65.8 Å². The Morgan fingerprint density at radius 2 is 1.84 bits per heavy atom. The van der Waals surface area contributed by atoms with Gasteiger partial charge in [-0.25, -0.2) is 10.2 Å². The molecule has 3 aromatic carbocycles. The number of fused-ring (bicyclic) bond motifs is 1. The van der Waals surface area contributed by atoms with Crippen molar-refractivity contribution in [2.75, 3.05) is 10.6 Å². The summed E-state index contributed by atoms with van der Waals surface area (Å²) < 4.78 is 0. The van der Waals surface area contributed by atoms with Gasteiger partial charge in [0.05, 0.1) is 11.8 Å². The molecule has 0 aromatic heterocycles. The Labute approximate surface area is 191 Å². The lowest BCUT2D eigenvalue weighted by molar-refractivity contribution is 0.252. The highest BCUT2D eigenvalue weighted by Gasteiger charge is 2.25. The second-order valence-corrected chi connectivity index (χ2v) is 8.38. The second kappa shape index (κ2) is 9.00. The van der Waals surface area contributed by atoms with Crippen molar-refractivity contribution in [2.45, 2.75) is 26.3 Å². The Bertz CT molecular complexity index is 1180. The van der Waals surface area contributed by atoms with E-state index < -0.39 is 6.03 Å². The number of hydrazone groups is 1. The first-order valence-electron chi connectivity index (χ1n) is 9.92. The van der Waals surface area contributed by atoms with Crippen molar-refractivity contribution in [1.82, 2.24) is 5.43 Å². The maximum absolute atomic E-state index is 12.4. The first-order chi connectivity index (χ1) is 14.9. The monoisotopic (exact) mass is 452 g/mol. The normalized spacial score (nSPS) is 16.4. The Kier molecular flexibility index (Phi) is 6.16. The van der Waals surface area contributed by atoms with Gasteiger partial charge in [0, 0.05) is 33.4 Å². The molecule has 0 saturated carbocycles. The Balaban J connectivity index is 1.56. The van der Waals surface area contributed by atoms with Crippen molar-refractivity contribution in [1.29, 1.82) is 0 Å². The topological polar surface area (TPSA) is 65.5 Å². The molecule has 3 aromatic rings. The molecule has 1 aliphatic rings. The van der Waals surface area contributed by atoms with Crippen LogP contribution in [0.4, 0.5) is 16.2 Å². The van der Waals surface area contributed by atoms with Crippen LogP contribution in [0.25, 0.3) is 0 Å². The van der Waals surface area contributed by atoms with Crippen molar-refractivity contribution >= 4 is 46.3 Å². The number of urea groups is 1. The fourth-order valence-corrected chi connectivity index (χ4v) is 4.12. The predicted molar refractivity (Wildman–Crippen MR) is 128 cm³/mol. The Morgan fingerprint density at radius 3 is 2.61 bits per heavy atom. The van der Waals surface area contributed by atoms with Gasteiger partial charge in [0.2, 0.25) is 0 Å². The molecule has 31 heavy (non-hydrogen) atoms. The average Bonchev–Trinajstić information content (AvgIpc) is 2.74. The van der Waals surface area contributed by atoms with Crippen LogP contribution in [-0.2, 0) is 0 Å². The number of rotatable bonds is 3. The Hall–Kier alpha value is -3.02. The zero-order valence-corrected chi connectivity index (χ0v) is 18.7. The molecule has 0 fully saturated rings. The number of nitrogens with zero attached hydrogens (tertiary/aromatic N) is 1. The van der Waals surface area contributed by atoms with E-state index in [1.54, 1.807) is 6.07 Å². The zero-order chi connectivity index (χ0) is 22.0. The number of hydrogen-bond donors (Lipinski definition) is 3. The number of anilines is 2. The predicted octanol–water partition coefficient (Wildman–Crippen LogP) is 6.69. The van der Waals surface area contributed by atoms with E-state index in [9.17, 15) is 4.79 Å². The number of benzene rings is 3. The molecule has 5 nitrogen and oxygen atoms in total. The summed E-state index contributed by atoms with van der Waals surface area (Å²) >= 11 is 12.5. The molecule has 1 unspecified atom stereocenters. The zero-order valence-electron chi connectivity index (χ0n) is 17.2. The van der Waals surface area contributed by atoms with Crippen LogP contribution in [0.1, 0.15) is 34.7 Å². The number of amides is 2. The van der Waals surface area contributed by atoms with E-state index >= 15 is 0 Å². The summed E-state index contributed by atoms with van der Waals surface area (Å²) in [7, 11) is 0. The minimum atomic E-state index is -0.396. The highest BCUT2D eigenvalue weighted by atomic mass is 35.5. The largest absolute Gasteiger partial charge is 0.377 e. The molecular weight excluding hydrogens is 431 g/mol. The smallest absolute Gasteiger partial charge is 0.339 e. The van der Waals surface area contributed by atoms with Crippen LogP contribution in [0.5, 0.6) is 0 Å². The number of aryl methyl sites for hydroxylation is 2. The molecule has 2 amide bonds. The number of carbonyl (C=O) groups is 1. The van der Waals surface area contributed by atoms with Gasteiger partial charge in [0.15, 0.2) is 0 Å². The van der Waals surface area contributed by atoms with Crippen LogP contribution in [0.3, 0.4) is 0 Å². The van der Waals surface area contributed by atoms with Gasteiger partial charge in [-0.1, -0.05) is 53.5 Å². The number of carbonyl (C=O) groups excluding carboxylic acids is 1. The molecule has 0 radical (unpaired) electrons. The van der Waals surface area contributed by atoms with Crippen LogP contribution in [0, 0.1) is 13.8 Å². The van der Waals surface area contributed by atoms with Crippen molar-refractivity contribution in [2.24, 2.45) is 5.10 Å². The fraction of sp³-hybridized carbons (Fsp3) is 0.167. The number of nitrogens with one attached hydrogen (secondary N) is 3. The van der Waals surface area contributed by atoms with Gasteiger partial charge in [-0.15, -0.1) is 0 Å². The van der Waals surface area contributed by atoms with Crippen molar-refractivity contribution in [3.8, 4) is 0 Å². The summed E-state index contributed by atoms with van der Waals surface area (Å²) in [5.74, 6) is 0. The van der Waals surface area contributed by atoms with E-state index in [0.717, 1.165) is 33.8 Å². The van der Waals surface area contributed by atoms with Gasteiger partial charge in [0.25, 0.3) is 0 Å². The second-order valence-electron chi connectivity index (χ2n) is 7.54.